The van der Waals surface area contributed by atoms with Crippen LogP contribution in [0, 0.1) is 13.8 Å². The third-order valence-electron chi connectivity index (χ3n) is 5.63. The summed E-state index contributed by atoms with van der Waals surface area (Å²) < 4.78 is 8.31. The van der Waals surface area contributed by atoms with E-state index < -0.39 is 0 Å². The van der Waals surface area contributed by atoms with E-state index in [-0.39, 0.29) is 5.91 Å². The zero-order valence-electron chi connectivity index (χ0n) is 19.0. The van der Waals surface area contributed by atoms with Gasteiger partial charge in [0.25, 0.3) is 5.91 Å². The van der Waals surface area contributed by atoms with Gasteiger partial charge in [-0.2, -0.15) is 0 Å². The topological polar surface area (TPSA) is 56.1 Å². The van der Waals surface area contributed by atoms with Crippen LogP contribution in [-0.2, 0) is 13.0 Å². The molecule has 4 rings (SSSR count). The van der Waals surface area contributed by atoms with Gasteiger partial charge in [0.15, 0.2) is 0 Å². The number of amides is 1. The maximum Gasteiger partial charge on any atom is 0.252 e. The Morgan fingerprint density at radius 3 is 2.70 bits per heavy atom. The van der Waals surface area contributed by atoms with Crippen molar-refractivity contribution in [2.45, 2.75) is 33.2 Å². The largest absolute Gasteiger partial charge is 0.491 e. The number of carbonyl (C=O) groups excluding carboxylic acids is 1. The van der Waals surface area contributed by atoms with Crippen molar-refractivity contribution in [2.24, 2.45) is 0 Å². The molecule has 5 nitrogen and oxygen atoms in total. The van der Waals surface area contributed by atoms with Crippen molar-refractivity contribution in [3.8, 4) is 5.75 Å². The molecule has 0 saturated heterocycles. The number of halogens is 1. The summed E-state index contributed by atoms with van der Waals surface area (Å²) in [5, 5.41) is 3.41. The summed E-state index contributed by atoms with van der Waals surface area (Å²) in [7, 11) is 0. The van der Waals surface area contributed by atoms with E-state index in [0.29, 0.717) is 30.3 Å². The van der Waals surface area contributed by atoms with Gasteiger partial charge in [0.05, 0.1) is 28.2 Å². The number of fused-ring (bicyclic) bond motifs is 1. The molecule has 0 bridgehead atoms. The maximum atomic E-state index is 12.4. The highest BCUT2D eigenvalue weighted by molar-refractivity contribution is 6.33. The Hall–Kier alpha value is -3.31. The maximum absolute atomic E-state index is 12.4. The van der Waals surface area contributed by atoms with E-state index in [4.69, 9.17) is 21.3 Å². The first-order valence-electron chi connectivity index (χ1n) is 11.2. The molecule has 0 radical (unpaired) electrons. The lowest BCUT2D eigenvalue weighted by Gasteiger charge is -2.13. The summed E-state index contributed by atoms with van der Waals surface area (Å²) in [4.78, 5) is 17.2. The Morgan fingerprint density at radius 2 is 1.85 bits per heavy atom. The number of ether oxygens (including phenoxy) is 1. The van der Waals surface area contributed by atoms with Gasteiger partial charge in [0.1, 0.15) is 18.2 Å². The van der Waals surface area contributed by atoms with E-state index >= 15 is 0 Å². The van der Waals surface area contributed by atoms with Gasteiger partial charge in [-0.25, -0.2) is 4.98 Å². The van der Waals surface area contributed by atoms with Gasteiger partial charge in [-0.15, -0.1) is 0 Å². The molecule has 1 aromatic heterocycles. The first-order chi connectivity index (χ1) is 16.0. The highest BCUT2D eigenvalue weighted by atomic mass is 35.5. The molecule has 6 heteroatoms. The first kappa shape index (κ1) is 22.9. The standard InChI is InChI=1S/C27H28ClN3O2/c1-19-13-14-20(2)25(18-19)33-17-16-31-24-11-6-5-10-23(24)30-26(31)12-7-15-29-27(32)21-8-3-4-9-22(21)28/h3-6,8-11,13-14,18H,7,12,15-17H2,1-2H3,(H,29,32). The van der Waals surface area contributed by atoms with E-state index in [1.807, 2.05) is 30.3 Å². The summed E-state index contributed by atoms with van der Waals surface area (Å²) >= 11 is 6.12. The monoisotopic (exact) mass is 461 g/mol. The molecular formula is C27H28ClN3O2. The molecule has 0 aliphatic carbocycles. The molecular weight excluding hydrogens is 434 g/mol. The lowest BCUT2D eigenvalue weighted by molar-refractivity contribution is 0.0953. The van der Waals surface area contributed by atoms with Gasteiger partial charge in [-0.3, -0.25) is 4.79 Å². The van der Waals surface area contributed by atoms with Crippen LogP contribution in [0.3, 0.4) is 0 Å². The third-order valence-corrected chi connectivity index (χ3v) is 5.96. The van der Waals surface area contributed by atoms with Crippen LogP contribution in [-0.4, -0.2) is 28.6 Å². The fourth-order valence-corrected chi connectivity index (χ4v) is 4.09. The SMILES string of the molecule is Cc1ccc(C)c(OCCn2c(CCCNC(=O)c3ccccc3Cl)nc3ccccc32)c1. The predicted octanol–water partition coefficient (Wildman–Crippen LogP) is 5.75. The zero-order chi connectivity index (χ0) is 23.2. The molecule has 170 valence electrons. The summed E-state index contributed by atoms with van der Waals surface area (Å²) in [6.45, 7) is 5.93. The molecule has 0 saturated carbocycles. The lowest BCUT2D eigenvalue weighted by atomic mass is 10.1. The number of aromatic nitrogens is 2. The molecule has 33 heavy (non-hydrogen) atoms. The number of imidazole rings is 1. The highest BCUT2D eigenvalue weighted by Gasteiger charge is 2.12. The highest BCUT2D eigenvalue weighted by Crippen LogP contribution is 2.21. The van der Waals surface area contributed by atoms with Gasteiger partial charge in [0.2, 0.25) is 0 Å². The first-order valence-corrected chi connectivity index (χ1v) is 11.6. The molecule has 0 aliphatic rings. The number of rotatable bonds is 9. The molecule has 0 aliphatic heterocycles. The minimum absolute atomic E-state index is 0.156. The Balaban J connectivity index is 1.39. The smallest absolute Gasteiger partial charge is 0.252 e. The van der Waals surface area contributed by atoms with Crippen LogP contribution in [0.25, 0.3) is 11.0 Å². The quantitative estimate of drug-likeness (QED) is 0.323. The average Bonchev–Trinajstić information content (AvgIpc) is 3.16. The molecule has 4 aromatic rings. The van der Waals surface area contributed by atoms with Crippen molar-refractivity contribution >= 4 is 28.5 Å². The number of nitrogens with one attached hydrogen (secondary N) is 1. The Kier molecular flexibility index (Phi) is 7.30. The molecule has 3 aromatic carbocycles. The second-order valence-electron chi connectivity index (χ2n) is 8.13. The van der Waals surface area contributed by atoms with Crippen molar-refractivity contribution in [1.82, 2.24) is 14.9 Å². The van der Waals surface area contributed by atoms with E-state index in [0.717, 1.165) is 41.0 Å². The van der Waals surface area contributed by atoms with E-state index in [9.17, 15) is 4.79 Å². The second kappa shape index (κ2) is 10.5. The number of nitrogens with zero attached hydrogens (tertiary/aromatic N) is 2. The number of hydrogen-bond acceptors (Lipinski definition) is 3. The zero-order valence-corrected chi connectivity index (χ0v) is 19.7. The van der Waals surface area contributed by atoms with Crippen LogP contribution in [0.15, 0.2) is 66.7 Å². The second-order valence-corrected chi connectivity index (χ2v) is 8.53. The lowest BCUT2D eigenvalue weighted by Crippen LogP contribution is -2.25. The molecule has 0 unspecified atom stereocenters. The number of aryl methyl sites for hydroxylation is 3. The van der Waals surface area contributed by atoms with E-state index in [2.05, 4.69) is 48.0 Å². The van der Waals surface area contributed by atoms with Gasteiger partial charge in [-0.05, 0) is 61.7 Å². The van der Waals surface area contributed by atoms with Crippen molar-refractivity contribution < 1.29 is 9.53 Å². The number of hydrogen-bond donors (Lipinski definition) is 1. The molecule has 0 spiro atoms. The molecule has 1 heterocycles. The van der Waals surface area contributed by atoms with Gasteiger partial charge in [-0.1, -0.05) is 48.0 Å². The summed E-state index contributed by atoms with van der Waals surface area (Å²) in [5.41, 5.74) is 4.88. The third kappa shape index (κ3) is 5.55. The van der Waals surface area contributed by atoms with Crippen molar-refractivity contribution in [3.05, 3.63) is 94.3 Å². The Labute approximate surface area is 199 Å². The van der Waals surface area contributed by atoms with Gasteiger partial charge >= 0.3 is 0 Å². The van der Waals surface area contributed by atoms with Crippen LogP contribution in [0.4, 0.5) is 0 Å². The molecule has 1 N–H and O–H groups in total. The molecule has 0 atom stereocenters. The van der Waals surface area contributed by atoms with Crippen molar-refractivity contribution in [2.75, 3.05) is 13.2 Å². The van der Waals surface area contributed by atoms with Gasteiger partial charge < -0.3 is 14.6 Å². The summed E-state index contributed by atoms with van der Waals surface area (Å²) in [5.74, 6) is 1.76. The number of benzene rings is 3. The summed E-state index contributed by atoms with van der Waals surface area (Å²) in [6.07, 6.45) is 1.53. The fraction of sp³-hybridized carbons (Fsp3) is 0.259. The Morgan fingerprint density at radius 1 is 1.06 bits per heavy atom. The van der Waals surface area contributed by atoms with E-state index in [1.54, 1.807) is 12.1 Å². The van der Waals surface area contributed by atoms with Crippen LogP contribution >= 0.6 is 11.6 Å². The van der Waals surface area contributed by atoms with Crippen LogP contribution in [0.2, 0.25) is 5.02 Å². The average molecular weight is 462 g/mol. The van der Waals surface area contributed by atoms with Crippen molar-refractivity contribution in [1.29, 1.82) is 0 Å². The number of para-hydroxylation sites is 2. The number of carbonyl (C=O) groups is 1. The normalized spacial score (nSPS) is 11.0. The Bertz CT molecular complexity index is 1270. The van der Waals surface area contributed by atoms with Crippen molar-refractivity contribution in [3.63, 3.8) is 0 Å². The van der Waals surface area contributed by atoms with Crippen LogP contribution in [0.5, 0.6) is 5.75 Å². The summed E-state index contributed by atoms with van der Waals surface area (Å²) in [6, 6.07) is 21.5. The molecule has 0 fully saturated rings. The van der Waals surface area contributed by atoms with E-state index in [1.165, 1.54) is 5.56 Å². The molecule has 1 amide bonds. The van der Waals surface area contributed by atoms with Crippen LogP contribution < -0.4 is 10.1 Å². The minimum Gasteiger partial charge on any atom is -0.491 e. The fourth-order valence-electron chi connectivity index (χ4n) is 3.86. The minimum atomic E-state index is -0.156. The van der Waals surface area contributed by atoms with Crippen LogP contribution in [0.1, 0.15) is 33.7 Å². The predicted molar refractivity (Wildman–Crippen MR) is 133 cm³/mol. The van der Waals surface area contributed by atoms with Gasteiger partial charge in [0, 0.05) is 13.0 Å².